The number of hydrogen-bond donors (Lipinski definition) is 1. The standard InChI is InChI=1S/C14H23N3.2ClH/c1-3-5-14(17-10-8-15-9-11-17)13-7-4-6-12(2)16-13;;/h4,6-7,14-15H,3,5,8-11H2,1-2H3;2*1H/t14-;;/m0../s1. The highest BCUT2D eigenvalue weighted by atomic mass is 35.5. The molecular formula is C14H25Cl2N3. The Hall–Kier alpha value is -0.350. The predicted molar refractivity (Wildman–Crippen MR) is 85.6 cm³/mol. The number of piperazine rings is 1. The topological polar surface area (TPSA) is 28.2 Å². The van der Waals surface area contributed by atoms with Crippen LogP contribution in [-0.4, -0.2) is 36.1 Å². The first kappa shape index (κ1) is 18.7. The van der Waals surface area contributed by atoms with Crippen LogP contribution in [0.1, 0.15) is 37.2 Å². The molecule has 0 unspecified atom stereocenters. The van der Waals surface area contributed by atoms with Crippen molar-refractivity contribution in [3.05, 3.63) is 29.6 Å². The van der Waals surface area contributed by atoms with E-state index in [1.165, 1.54) is 18.5 Å². The van der Waals surface area contributed by atoms with Gasteiger partial charge in [-0.25, -0.2) is 0 Å². The molecule has 2 heterocycles. The molecule has 1 N–H and O–H groups in total. The van der Waals surface area contributed by atoms with E-state index in [0.29, 0.717) is 6.04 Å². The number of pyridine rings is 1. The summed E-state index contributed by atoms with van der Waals surface area (Å²) in [5, 5.41) is 3.41. The summed E-state index contributed by atoms with van der Waals surface area (Å²) in [4.78, 5) is 7.28. The largest absolute Gasteiger partial charge is 0.314 e. The number of rotatable bonds is 4. The lowest BCUT2D eigenvalue weighted by atomic mass is 10.0. The second-order valence-corrected chi connectivity index (χ2v) is 4.79. The van der Waals surface area contributed by atoms with Crippen LogP contribution in [0.25, 0.3) is 0 Å². The molecule has 0 saturated carbocycles. The van der Waals surface area contributed by atoms with Crippen molar-refractivity contribution in [3.63, 3.8) is 0 Å². The van der Waals surface area contributed by atoms with Crippen molar-refractivity contribution in [1.82, 2.24) is 15.2 Å². The number of aryl methyl sites for hydroxylation is 1. The minimum atomic E-state index is 0. The summed E-state index contributed by atoms with van der Waals surface area (Å²) >= 11 is 0. The number of nitrogens with zero attached hydrogens (tertiary/aromatic N) is 2. The Morgan fingerprint density at radius 2 is 1.95 bits per heavy atom. The van der Waals surface area contributed by atoms with Gasteiger partial charge in [0.05, 0.1) is 11.7 Å². The Balaban J connectivity index is 0.00000162. The molecule has 5 heteroatoms. The molecule has 0 aromatic carbocycles. The van der Waals surface area contributed by atoms with Gasteiger partial charge in [0.25, 0.3) is 0 Å². The van der Waals surface area contributed by atoms with E-state index < -0.39 is 0 Å². The molecule has 0 aliphatic carbocycles. The van der Waals surface area contributed by atoms with Crippen molar-refractivity contribution in [3.8, 4) is 0 Å². The van der Waals surface area contributed by atoms with Gasteiger partial charge in [-0.1, -0.05) is 19.4 Å². The second-order valence-electron chi connectivity index (χ2n) is 4.79. The van der Waals surface area contributed by atoms with E-state index in [2.05, 4.69) is 42.3 Å². The van der Waals surface area contributed by atoms with E-state index in [-0.39, 0.29) is 24.8 Å². The molecule has 2 rings (SSSR count). The number of aromatic nitrogens is 1. The highest BCUT2D eigenvalue weighted by Gasteiger charge is 2.22. The molecule has 1 aromatic rings. The third kappa shape index (κ3) is 5.27. The van der Waals surface area contributed by atoms with E-state index in [0.717, 1.165) is 31.9 Å². The monoisotopic (exact) mass is 305 g/mol. The van der Waals surface area contributed by atoms with Crippen LogP contribution in [0.2, 0.25) is 0 Å². The Morgan fingerprint density at radius 3 is 2.53 bits per heavy atom. The Morgan fingerprint density at radius 1 is 1.26 bits per heavy atom. The number of nitrogens with one attached hydrogen (secondary N) is 1. The van der Waals surface area contributed by atoms with Crippen LogP contribution in [0.5, 0.6) is 0 Å². The summed E-state index contributed by atoms with van der Waals surface area (Å²) in [7, 11) is 0. The molecule has 0 spiro atoms. The van der Waals surface area contributed by atoms with Gasteiger partial charge in [0.2, 0.25) is 0 Å². The Kier molecular flexibility index (Phi) is 9.36. The zero-order valence-electron chi connectivity index (χ0n) is 11.8. The van der Waals surface area contributed by atoms with E-state index in [1.807, 2.05) is 0 Å². The first-order chi connectivity index (χ1) is 8.31. The molecule has 0 amide bonds. The van der Waals surface area contributed by atoms with E-state index in [9.17, 15) is 0 Å². The zero-order chi connectivity index (χ0) is 12.1. The minimum Gasteiger partial charge on any atom is -0.314 e. The van der Waals surface area contributed by atoms with Crippen molar-refractivity contribution in [2.24, 2.45) is 0 Å². The number of halogens is 2. The fourth-order valence-corrected chi connectivity index (χ4v) is 2.53. The van der Waals surface area contributed by atoms with E-state index in [4.69, 9.17) is 4.98 Å². The lowest BCUT2D eigenvalue weighted by Crippen LogP contribution is -2.45. The molecule has 1 saturated heterocycles. The van der Waals surface area contributed by atoms with Gasteiger partial charge in [0, 0.05) is 31.9 Å². The fraction of sp³-hybridized carbons (Fsp3) is 0.643. The van der Waals surface area contributed by atoms with Crippen LogP contribution >= 0.6 is 24.8 Å². The molecular weight excluding hydrogens is 281 g/mol. The molecule has 3 nitrogen and oxygen atoms in total. The van der Waals surface area contributed by atoms with Crippen LogP contribution in [0.3, 0.4) is 0 Å². The third-order valence-corrected chi connectivity index (χ3v) is 3.41. The molecule has 1 aliphatic rings. The molecule has 110 valence electrons. The van der Waals surface area contributed by atoms with E-state index in [1.54, 1.807) is 0 Å². The van der Waals surface area contributed by atoms with Gasteiger partial charge in [-0.05, 0) is 25.5 Å². The minimum absolute atomic E-state index is 0. The van der Waals surface area contributed by atoms with Crippen LogP contribution in [0, 0.1) is 6.92 Å². The first-order valence-corrected chi connectivity index (χ1v) is 6.69. The van der Waals surface area contributed by atoms with Crippen molar-refractivity contribution < 1.29 is 0 Å². The molecule has 1 atom stereocenters. The molecule has 0 radical (unpaired) electrons. The Bertz CT molecular complexity index is 354. The van der Waals surface area contributed by atoms with Crippen molar-refractivity contribution in [2.45, 2.75) is 32.7 Å². The predicted octanol–water partition coefficient (Wildman–Crippen LogP) is 2.98. The maximum Gasteiger partial charge on any atom is 0.0578 e. The summed E-state index contributed by atoms with van der Waals surface area (Å²) in [5.41, 5.74) is 2.37. The normalized spacial score (nSPS) is 17.2. The molecule has 1 aromatic heterocycles. The number of hydrogen-bond acceptors (Lipinski definition) is 3. The first-order valence-electron chi connectivity index (χ1n) is 6.69. The van der Waals surface area contributed by atoms with Gasteiger partial charge in [0.15, 0.2) is 0 Å². The lowest BCUT2D eigenvalue weighted by Gasteiger charge is -2.34. The average molecular weight is 306 g/mol. The fourth-order valence-electron chi connectivity index (χ4n) is 2.53. The van der Waals surface area contributed by atoms with Gasteiger partial charge in [-0.2, -0.15) is 0 Å². The van der Waals surface area contributed by atoms with Gasteiger partial charge in [-0.3, -0.25) is 9.88 Å². The lowest BCUT2D eigenvalue weighted by molar-refractivity contribution is 0.161. The summed E-state index contributed by atoms with van der Waals surface area (Å²) < 4.78 is 0. The quantitative estimate of drug-likeness (QED) is 0.927. The summed E-state index contributed by atoms with van der Waals surface area (Å²) in [6.45, 7) is 8.81. The third-order valence-electron chi connectivity index (χ3n) is 3.41. The van der Waals surface area contributed by atoms with Crippen molar-refractivity contribution >= 4 is 24.8 Å². The van der Waals surface area contributed by atoms with Gasteiger partial charge in [0.1, 0.15) is 0 Å². The maximum atomic E-state index is 4.71. The van der Waals surface area contributed by atoms with Crippen LogP contribution in [-0.2, 0) is 0 Å². The molecule has 1 fully saturated rings. The van der Waals surface area contributed by atoms with Gasteiger partial charge < -0.3 is 5.32 Å². The average Bonchev–Trinajstić information content (AvgIpc) is 2.37. The van der Waals surface area contributed by atoms with Crippen molar-refractivity contribution in [1.29, 1.82) is 0 Å². The second kappa shape index (κ2) is 9.54. The van der Waals surface area contributed by atoms with E-state index >= 15 is 0 Å². The van der Waals surface area contributed by atoms with Crippen LogP contribution in [0.15, 0.2) is 18.2 Å². The maximum absolute atomic E-state index is 4.71. The smallest absolute Gasteiger partial charge is 0.0578 e. The van der Waals surface area contributed by atoms with Crippen molar-refractivity contribution in [2.75, 3.05) is 26.2 Å². The van der Waals surface area contributed by atoms with Gasteiger partial charge >= 0.3 is 0 Å². The Labute approximate surface area is 129 Å². The summed E-state index contributed by atoms with van der Waals surface area (Å²) in [5.74, 6) is 0. The van der Waals surface area contributed by atoms with Crippen LogP contribution in [0.4, 0.5) is 0 Å². The molecule has 19 heavy (non-hydrogen) atoms. The van der Waals surface area contributed by atoms with Gasteiger partial charge in [-0.15, -0.1) is 24.8 Å². The summed E-state index contributed by atoms with van der Waals surface area (Å²) in [6.07, 6.45) is 2.42. The molecule has 1 aliphatic heterocycles. The van der Waals surface area contributed by atoms with Crippen LogP contribution < -0.4 is 5.32 Å². The SMILES string of the molecule is CCC[C@@H](c1cccc(C)n1)N1CCNCC1.Cl.Cl. The zero-order valence-corrected chi connectivity index (χ0v) is 13.4. The highest BCUT2D eigenvalue weighted by molar-refractivity contribution is 5.85. The molecule has 0 bridgehead atoms. The summed E-state index contributed by atoms with van der Waals surface area (Å²) in [6, 6.07) is 6.88. The highest BCUT2D eigenvalue weighted by Crippen LogP contribution is 2.24.